The number of ether oxygens (including phenoxy) is 2. The minimum Gasteiger partial charge on any atom is -0.496 e. The van der Waals surface area contributed by atoms with Crippen molar-refractivity contribution in [1.82, 2.24) is 0 Å². The van der Waals surface area contributed by atoms with Crippen LogP contribution in [0.15, 0.2) is 30.9 Å². The van der Waals surface area contributed by atoms with Crippen molar-refractivity contribution in [1.29, 1.82) is 0 Å². The standard InChI is InChI=1S/C21H23NO4S/c1-4-7-13-12-14(10-11-16(13)25-2)19(23)22-20-18(21(24)26-3)15-8-5-6-9-17(15)27-20/h4,10-12H,1,5-9H2,2-3H3,(H,22,23). The van der Waals surface area contributed by atoms with E-state index >= 15 is 0 Å². The molecule has 0 aliphatic heterocycles. The summed E-state index contributed by atoms with van der Waals surface area (Å²) < 4.78 is 10.3. The van der Waals surface area contributed by atoms with E-state index in [1.54, 1.807) is 31.4 Å². The fraction of sp³-hybridized carbons (Fsp3) is 0.333. The lowest BCUT2D eigenvalue weighted by molar-refractivity contribution is 0.0601. The predicted octanol–water partition coefficient (Wildman–Crippen LogP) is 4.40. The predicted molar refractivity (Wildman–Crippen MR) is 107 cm³/mol. The third-order valence-corrected chi connectivity index (χ3v) is 5.90. The molecule has 1 N–H and O–H groups in total. The second kappa shape index (κ2) is 8.39. The number of rotatable bonds is 6. The quantitative estimate of drug-likeness (QED) is 0.591. The number of esters is 1. The van der Waals surface area contributed by atoms with Gasteiger partial charge in [-0.2, -0.15) is 0 Å². The molecule has 1 aliphatic carbocycles. The highest BCUT2D eigenvalue weighted by Crippen LogP contribution is 2.38. The zero-order valence-electron chi connectivity index (χ0n) is 15.6. The van der Waals surface area contributed by atoms with E-state index in [0.29, 0.717) is 28.3 Å². The van der Waals surface area contributed by atoms with Gasteiger partial charge in [0.15, 0.2) is 0 Å². The van der Waals surface area contributed by atoms with Gasteiger partial charge in [0.2, 0.25) is 0 Å². The molecule has 6 heteroatoms. The monoisotopic (exact) mass is 385 g/mol. The Morgan fingerprint density at radius 3 is 2.74 bits per heavy atom. The van der Waals surface area contributed by atoms with Gasteiger partial charge in [-0.3, -0.25) is 4.79 Å². The number of aryl methyl sites for hydroxylation is 1. The van der Waals surface area contributed by atoms with Crippen molar-refractivity contribution in [2.45, 2.75) is 32.1 Å². The van der Waals surface area contributed by atoms with Crippen molar-refractivity contribution in [2.75, 3.05) is 19.5 Å². The van der Waals surface area contributed by atoms with Crippen LogP contribution in [0, 0.1) is 0 Å². The number of carbonyl (C=O) groups excluding carboxylic acids is 2. The van der Waals surface area contributed by atoms with Crippen molar-refractivity contribution < 1.29 is 19.1 Å². The number of carbonyl (C=O) groups is 2. The Morgan fingerprint density at radius 1 is 1.26 bits per heavy atom. The molecule has 0 atom stereocenters. The maximum atomic E-state index is 12.8. The molecule has 5 nitrogen and oxygen atoms in total. The van der Waals surface area contributed by atoms with Gasteiger partial charge in [-0.25, -0.2) is 4.79 Å². The van der Waals surface area contributed by atoms with Crippen LogP contribution < -0.4 is 10.1 Å². The Hall–Kier alpha value is -2.60. The molecule has 0 bridgehead atoms. The molecular weight excluding hydrogens is 362 g/mol. The van der Waals surface area contributed by atoms with E-state index in [2.05, 4.69) is 11.9 Å². The van der Waals surface area contributed by atoms with E-state index in [0.717, 1.165) is 36.8 Å². The average molecular weight is 385 g/mol. The number of thiophene rings is 1. The van der Waals surface area contributed by atoms with E-state index < -0.39 is 5.97 Å². The van der Waals surface area contributed by atoms with E-state index in [-0.39, 0.29) is 5.91 Å². The number of methoxy groups -OCH3 is 2. The highest BCUT2D eigenvalue weighted by Gasteiger charge is 2.27. The zero-order valence-corrected chi connectivity index (χ0v) is 16.4. The normalized spacial score (nSPS) is 12.8. The van der Waals surface area contributed by atoms with Gasteiger partial charge in [0.25, 0.3) is 5.91 Å². The fourth-order valence-corrected chi connectivity index (χ4v) is 4.65. The third-order valence-electron chi connectivity index (χ3n) is 4.69. The van der Waals surface area contributed by atoms with Gasteiger partial charge in [-0.05, 0) is 61.4 Å². The van der Waals surface area contributed by atoms with Gasteiger partial charge >= 0.3 is 5.97 Å². The topological polar surface area (TPSA) is 64.6 Å². The van der Waals surface area contributed by atoms with Crippen LogP contribution in [0.4, 0.5) is 5.00 Å². The third kappa shape index (κ3) is 3.90. The number of amides is 1. The van der Waals surface area contributed by atoms with Crippen molar-refractivity contribution in [3.63, 3.8) is 0 Å². The molecule has 1 heterocycles. The van der Waals surface area contributed by atoms with Crippen LogP contribution >= 0.6 is 11.3 Å². The number of fused-ring (bicyclic) bond motifs is 1. The number of nitrogens with one attached hydrogen (secondary N) is 1. The molecular formula is C21H23NO4S. The maximum absolute atomic E-state index is 12.8. The molecule has 0 fully saturated rings. The Kier molecular flexibility index (Phi) is 5.96. The summed E-state index contributed by atoms with van der Waals surface area (Å²) in [6.07, 6.45) is 6.30. The Bertz CT molecular complexity index is 885. The Morgan fingerprint density at radius 2 is 2.04 bits per heavy atom. The van der Waals surface area contributed by atoms with E-state index in [4.69, 9.17) is 9.47 Å². The summed E-state index contributed by atoms with van der Waals surface area (Å²) in [6, 6.07) is 5.28. The van der Waals surface area contributed by atoms with Crippen LogP contribution in [0.3, 0.4) is 0 Å². The van der Waals surface area contributed by atoms with Crippen LogP contribution in [0.5, 0.6) is 5.75 Å². The summed E-state index contributed by atoms with van der Waals surface area (Å²) in [5, 5.41) is 3.49. The molecule has 142 valence electrons. The first-order valence-electron chi connectivity index (χ1n) is 8.91. The van der Waals surface area contributed by atoms with Gasteiger partial charge < -0.3 is 14.8 Å². The number of benzene rings is 1. The minimum atomic E-state index is -0.397. The molecule has 0 saturated carbocycles. The van der Waals surface area contributed by atoms with Crippen molar-refractivity contribution in [3.8, 4) is 5.75 Å². The van der Waals surface area contributed by atoms with E-state index in [9.17, 15) is 9.59 Å². The highest BCUT2D eigenvalue weighted by atomic mass is 32.1. The lowest BCUT2D eigenvalue weighted by Crippen LogP contribution is -2.15. The summed E-state index contributed by atoms with van der Waals surface area (Å²) in [4.78, 5) is 26.3. The van der Waals surface area contributed by atoms with Crippen LogP contribution in [-0.4, -0.2) is 26.1 Å². The molecule has 3 rings (SSSR count). The largest absolute Gasteiger partial charge is 0.496 e. The van der Waals surface area contributed by atoms with E-state index in [1.165, 1.54) is 23.3 Å². The summed E-state index contributed by atoms with van der Waals surface area (Å²) in [7, 11) is 2.96. The van der Waals surface area contributed by atoms with Crippen LogP contribution in [0.1, 0.15) is 49.6 Å². The molecule has 1 aliphatic rings. The zero-order chi connectivity index (χ0) is 19.4. The van der Waals surface area contributed by atoms with Crippen LogP contribution in [-0.2, 0) is 24.0 Å². The average Bonchev–Trinajstić information content (AvgIpc) is 3.05. The van der Waals surface area contributed by atoms with Crippen molar-refractivity contribution >= 4 is 28.2 Å². The Balaban J connectivity index is 1.92. The van der Waals surface area contributed by atoms with Gasteiger partial charge in [0, 0.05) is 10.4 Å². The van der Waals surface area contributed by atoms with Crippen molar-refractivity contribution in [2.24, 2.45) is 0 Å². The first-order chi connectivity index (χ1) is 13.1. The molecule has 2 aromatic rings. The summed E-state index contributed by atoms with van der Waals surface area (Å²) >= 11 is 1.48. The lowest BCUT2D eigenvalue weighted by atomic mass is 9.95. The van der Waals surface area contributed by atoms with E-state index in [1.807, 2.05) is 0 Å². The first-order valence-corrected chi connectivity index (χ1v) is 9.72. The molecule has 0 spiro atoms. The Labute approximate surface area is 163 Å². The minimum absolute atomic E-state index is 0.258. The first kappa shape index (κ1) is 19.2. The summed E-state index contributed by atoms with van der Waals surface area (Å²) in [6.45, 7) is 3.75. The van der Waals surface area contributed by atoms with Crippen molar-refractivity contribution in [3.05, 3.63) is 58.0 Å². The summed E-state index contributed by atoms with van der Waals surface area (Å²) in [5.74, 6) is 0.0618. The number of hydrogen-bond donors (Lipinski definition) is 1. The van der Waals surface area contributed by atoms with Gasteiger partial charge in [-0.1, -0.05) is 6.08 Å². The number of allylic oxidation sites excluding steroid dienone is 1. The second-order valence-electron chi connectivity index (χ2n) is 6.38. The number of anilines is 1. The summed E-state index contributed by atoms with van der Waals surface area (Å²) in [5.41, 5.74) is 2.93. The molecule has 0 unspecified atom stereocenters. The van der Waals surface area contributed by atoms with Crippen LogP contribution in [0.25, 0.3) is 0 Å². The lowest BCUT2D eigenvalue weighted by Gasteiger charge is -2.12. The van der Waals surface area contributed by atoms with Gasteiger partial charge in [0.05, 0.1) is 19.8 Å². The maximum Gasteiger partial charge on any atom is 0.341 e. The SMILES string of the molecule is C=CCc1cc(C(=O)Nc2sc3c(c2C(=O)OC)CCCC3)ccc1OC. The molecule has 0 radical (unpaired) electrons. The fourth-order valence-electron chi connectivity index (χ4n) is 3.38. The smallest absolute Gasteiger partial charge is 0.341 e. The van der Waals surface area contributed by atoms with Gasteiger partial charge in [0.1, 0.15) is 10.8 Å². The highest BCUT2D eigenvalue weighted by molar-refractivity contribution is 7.17. The molecule has 1 amide bonds. The second-order valence-corrected chi connectivity index (χ2v) is 7.49. The molecule has 1 aromatic carbocycles. The molecule has 1 aromatic heterocycles. The van der Waals surface area contributed by atoms with Gasteiger partial charge in [-0.15, -0.1) is 17.9 Å². The number of hydrogen-bond acceptors (Lipinski definition) is 5. The molecule has 27 heavy (non-hydrogen) atoms. The molecule has 0 saturated heterocycles. The van der Waals surface area contributed by atoms with Crippen LogP contribution in [0.2, 0.25) is 0 Å².